The van der Waals surface area contributed by atoms with Crippen LogP contribution in [0.2, 0.25) is 0 Å². The van der Waals surface area contributed by atoms with Crippen LogP contribution < -0.4 is 15.4 Å². The van der Waals surface area contributed by atoms with Crippen LogP contribution in [0.5, 0.6) is 11.5 Å². The number of nitrogens with one attached hydrogen (secondary N) is 2. The first-order chi connectivity index (χ1) is 15.5. The van der Waals surface area contributed by atoms with Crippen LogP contribution in [0.25, 0.3) is 11.0 Å². The molecule has 0 aliphatic carbocycles. The van der Waals surface area contributed by atoms with Gasteiger partial charge >= 0.3 is 0 Å². The predicted molar refractivity (Wildman–Crippen MR) is 124 cm³/mol. The molecule has 0 radical (unpaired) electrons. The van der Waals surface area contributed by atoms with Gasteiger partial charge in [-0.05, 0) is 61.0 Å². The van der Waals surface area contributed by atoms with Crippen LogP contribution in [0.3, 0.4) is 0 Å². The normalized spacial score (nSPS) is 15.2. The molecule has 1 aliphatic heterocycles. The monoisotopic (exact) mass is 426 g/mol. The minimum Gasteiger partial charge on any atom is -0.508 e. The number of nitrogens with zero attached hydrogens (tertiary/aromatic N) is 2. The number of benzene rings is 3. The number of hydrogen-bond acceptors (Lipinski definition) is 5. The Morgan fingerprint density at radius 3 is 2.50 bits per heavy atom. The Hall–Kier alpha value is -4.26. The number of carbonyl (C=O) groups excluding carboxylic acids is 1. The minimum absolute atomic E-state index is 0.170. The molecule has 7 heteroatoms. The van der Waals surface area contributed by atoms with Gasteiger partial charge in [0, 0.05) is 11.4 Å². The predicted octanol–water partition coefficient (Wildman–Crippen LogP) is 4.68. The van der Waals surface area contributed by atoms with Crippen molar-refractivity contribution in [2.24, 2.45) is 0 Å². The molecule has 0 bridgehead atoms. The van der Waals surface area contributed by atoms with E-state index in [4.69, 9.17) is 9.72 Å². The number of rotatable bonds is 4. The van der Waals surface area contributed by atoms with E-state index in [1.807, 2.05) is 47.9 Å². The molecule has 1 aliphatic rings. The minimum atomic E-state index is -0.419. The lowest BCUT2D eigenvalue weighted by molar-refractivity contribution is -0.113. The van der Waals surface area contributed by atoms with Gasteiger partial charge in [-0.25, -0.2) is 4.98 Å². The fourth-order valence-corrected chi connectivity index (χ4v) is 4.10. The molecular weight excluding hydrogens is 404 g/mol. The summed E-state index contributed by atoms with van der Waals surface area (Å²) in [6, 6.07) is 21.5. The molecular formula is C25H22N4O3. The lowest BCUT2D eigenvalue weighted by Gasteiger charge is -2.30. The van der Waals surface area contributed by atoms with Gasteiger partial charge in [-0.15, -0.1) is 0 Å². The summed E-state index contributed by atoms with van der Waals surface area (Å²) in [5, 5.41) is 16.1. The fraction of sp³-hybridized carbons (Fsp3) is 0.120. The summed E-state index contributed by atoms with van der Waals surface area (Å²) in [7, 11) is 1.60. The Bertz CT molecular complexity index is 1340. The Balaban J connectivity index is 1.62. The van der Waals surface area contributed by atoms with Crippen LogP contribution in [0.4, 0.5) is 11.6 Å². The smallest absolute Gasteiger partial charge is 0.255 e. The summed E-state index contributed by atoms with van der Waals surface area (Å²) in [5.41, 5.74) is 4.58. The number of phenolic OH excluding ortho intramolecular Hbond substituents is 1. The number of ether oxygens (including phenoxy) is 1. The molecule has 1 aromatic heterocycles. The first-order valence-corrected chi connectivity index (χ1v) is 10.2. The van der Waals surface area contributed by atoms with Gasteiger partial charge in [0.25, 0.3) is 5.91 Å². The zero-order valence-electron chi connectivity index (χ0n) is 17.7. The van der Waals surface area contributed by atoms with Gasteiger partial charge in [0.05, 0.1) is 29.8 Å². The van der Waals surface area contributed by atoms with E-state index in [1.165, 1.54) is 0 Å². The van der Waals surface area contributed by atoms with E-state index < -0.39 is 6.04 Å². The number of fused-ring (bicyclic) bond motifs is 3. The molecule has 4 aromatic rings. The molecule has 0 fully saturated rings. The zero-order chi connectivity index (χ0) is 22.2. The van der Waals surface area contributed by atoms with Crippen LogP contribution in [0, 0.1) is 0 Å². The number of phenols is 1. The summed E-state index contributed by atoms with van der Waals surface area (Å²) in [4.78, 5) is 18.2. The van der Waals surface area contributed by atoms with E-state index >= 15 is 0 Å². The Morgan fingerprint density at radius 2 is 1.78 bits per heavy atom. The van der Waals surface area contributed by atoms with E-state index in [0.29, 0.717) is 23.0 Å². The molecule has 0 saturated carbocycles. The summed E-state index contributed by atoms with van der Waals surface area (Å²) < 4.78 is 7.23. The highest BCUT2D eigenvalue weighted by atomic mass is 16.5. The number of allylic oxidation sites excluding steroid dienone is 1. The quantitative estimate of drug-likeness (QED) is 0.441. The maximum Gasteiger partial charge on any atom is 0.255 e. The SMILES string of the molecule is COc1ccc(NC(=O)C2=C(C)Nc3nc4ccccc4n3[C@@H]2c2ccc(O)cc2)cc1. The molecule has 32 heavy (non-hydrogen) atoms. The molecule has 3 N–H and O–H groups in total. The standard InChI is InChI=1S/C25H22N4O3/c1-15-22(24(31)27-17-9-13-19(32-2)14-10-17)23(16-7-11-18(30)12-8-16)29-21-6-4-3-5-20(21)28-25(29)26-15/h3-14,23,30H,1-2H3,(H,26,28)(H,27,31)/t23-/m1/s1. The number of hydrogen-bond donors (Lipinski definition) is 3. The van der Waals surface area contributed by atoms with Gasteiger partial charge in [-0.2, -0.15) is 0 Å². The van der Waals surface area contributed by atoms with Crippen LogP contribution in [-0.4, -0.2) is 27.7 Å². The van der Waals surface area contributed by atoms with Crippen LogP contribution >= 0.6 is 0 Å². The first-order valence-electron chi connectivity index (χ1n) is 10.2. The third-order valence-corrected chi connectivity index (χ3v) is 5.63. The van der Waals surface area contributed by atoms with Crippen molar-refractivity contribution in [3.63, 3.8) is 0 Å². The maximum absolute atomic E-state index is 13.5. The van der Waals surface area contributed by atoms with Crippen molar-refractivity contribution in [2.45, 2.75) is 13.0 Å². The van der Waals surface area contributed by atoms with Crippen LogP contribution in [0.1, 0.15) is 18.5 Å². The fourth-order valence-electron chi connectivity index (χ4n) is 4.10. The van der Waals surface area contributed by atoms with E-state index in [-0.39, 0.29) is 11.7 Å². The largest absolute Gasteiger partial charge is 0.508 e. The van der Waals surface area contributed by atoms with E-state index in [0.717, 1.165) is 22.3 Å². The molecule has 7 nitrogen and oxygen atoms in total. The number of methoxy groups -OCH3 is 1. The molecule has 0 spiro atoms. The molecule has 5 rings (SSSR count). The van der Waals surface area contributed by atoms with Gasteiger partial charge in [0.1, 0.15) is 11.5 Å². The van der Waals surface area contributed by atoms with E-state index in [2.05, 4.69) is 10.6 Å². The highest BCUT2D eigenvalue weighted by Gasteiger charge is 2.34. The Kier molecular flexibility index (Phi) is 4.78. The zero-order valence-corrected chi connectivity index (χ0v) is 17.7. The van der Waals surface area contributed by atoms with Crippen molar-refractivity contribution in [2.75, 3.05) is 17.7 Å². The van der Waals surface area contributed by atoms with Crippen molar-refractivity contribution < 1.29 is 14.6 Å². The number of aromatic nitrogens is 2. The molecule has 160 valence electrons. The summed E-state index contributed by atoms with van der Waals surface area (Å²) in [6.07, 6.45) is 0. The molecule has 1 amide bonds. The second-order valence-corrected chi connectivity index (χ2v) is 7.63. The lowest BCUT2D eigenvalue weighted by Crippen LogP contribution is -2.30. The van der Waals surface area contributed by atoms with Crippen molar-refractivity contribution in [3.8, 4) is 11.5 Å². The average Bonchev–Trinajstić information content (AvgIpc) is 3.17. The van der Waals surface area contributed by atoms with Gasteiger partial charge in [-0.1, -0.05) is 24.3 Å². The highest BCUT2D eigenvalue weighted by Crippen LogP contribution is 2.39. The van der Waals surface area contributed by atoms with E-state index in [9.17, 15) is 9.90 Å². The molecule has 0 unspecified atom stereocenters. The van der Waals surface area contributed by atoms with Crippen molar-refractivity contribution >= 4 is 28.6 Å². The molecule has 3 aromatic carbocycles. The first kappa shape index (κ1) is 19.7. The lowest BCUT2D eigenvalue weighted by atomic mass is 9.94. The van der Waals surface area contributed by atoms with Gasteiger partial charge in [0.15, 0.2) is 0 Å². The molecule has 2 heterocycles. The highest BCUT2D eigenvalue weighted by molar-refractivity contribution is 6.06. The Morgan fingerprint density at radius 1 is 1.06 bits per heavy atom. The van der Waals surface area contributed by atoms with Crippen LogP contribution in [0.15, 0.2) is 84.1 Å². The summed E-state index contributed by atoms with van der Waals surface area (Å²) in [6.45, 7) is 1.87. The number of aromatic hydroxyl groups is 1. The number of anilines is 2. The number of para-hydroxylation sites is 2. The third kappa shape index (κ3) is 3.33. The number of carbonyl (C=O) groups is 1. The van der Waals surface area contributed by atoms with Gasteiger partial charge in [-0.3, -0.25) is 9.36 Å². The van der Waals surface area contributed by atoms with Crippen molar-refractivity contribution in [1.82, 2.24) is 9.55 Å². The molecule has 1 atom stereocenters. The summed E-state index contributed by atoms with van der Waals surface area (Å²) in [5.74, 6) is 1.34. The average molecular weight is 426 g/mol. The second-order valence-electron chi connectivity index (χ2n) is 7.63. The Labute approximate surface area is 185 Å². The van der Waals surface area contributed by atoms with Crippen LogP contribution in [-0.2, 0) is 4.79 Å². The van der Waals surface area contributed by atoms with E-state index in [1.54, 1.807) is 43.5 Å². The van der Waals surface area contributed by atoms with Crippen molar-refractivity contribution in [1.29, 1.82) is 0 Å². The summed E-state index contributed by atoms with van der Waals surface area (Å²) >= 11 is 0. The number of amides is 1. The third-order valence-electron chi connectivity index (χ3n) is 5.63. The molecule has 0 saturated heterocycles. The van der Waals surface area contributed by atoms with Crippen molar-refractivity contribution in [3.05, 3.63) is 89.6 Å². The van der Waals surface area contributed by atoms with Gasteiger partial charge < -0.3 is 20.5 Å². The van der Waals surface area contributed by atoms with Gasteiger partial charge in [0.2, 0.25) is 5.95 Å². The topological polar surface area (TPSA) is 88.4 Å². The maximum atomic E-state index is 13.5. The second kappa shape index (κ2) is 7.77. The number of imidazole rings is 1.